The third kappa shape index (κ3) is 4.63. The minimum atomic E-state index is -0.401. The van der Waals surface area contributed by atoms with Crippen LogP contribution < -0.4 is 20.5 Å². The molecule has 5 nitrogen and oxygen atoms in total. The van der Waals surface area contributed by atoms with Crippen molar-refractivity contribution in [2.24, 2.45) is 5.73 Å². The van der Waals surface area contributed by atoms with Gasteiger partial charge in [0.05, 0.1) is 13.2 Å². The normalized spacial score (nSPS) is 13.4. The van der Waals surface area contributed by atoms with Crippen molar-refractivity contribution in [3.63, 3.8) is 0 Å². The number of nitrogens with one attached hydrogen (secondary N) is 1. The van der Waals surface area contributed by atoms with Gasteiger partial charge >= 0.3 is 0 Å². The van der Waals surface area contributed by atoms with E-state index in [2.05, 4.69) is 5.32 Å². The van der Waals surface area contributed by atoms with E-state index in [9.17, 15) is 4.79 Å². The topological polar surface area (TPSA) is 73.6 Å². The summed E-state index contributed by atoms with van der Waals surface area (Å²) in [6.07, 6.45) is 0.768. The monoisotopic (exact) mass is 294 g/mol. The number of nitrogens with two attached hydrogens (primary N) is 1. The molecule has 21 heavy (non-hydrogen) atoms. The molecule has 0 aromatic heterocycles. The number of benzene rings is 1. The van der Waals surface area contributed by atoms with E-state index >= 15 is 0 Å². The van der Waals surface area contributed by atoms with Crippen molar-refractivity contribution in [2.45, 2.75) is 39.7 Å². The molecule has 0 heterocycles. The second-order valence-electron chi connectivity index (χ2n) is 5.10. The Morgan fingerprint density at radius 3 is 2.33 bits per heavy atom. The van der Waals surface area contributed by atoms with Crippen LogP contribution in [0.15, 0.2) is 18.2 Å². The SMILES string of the molecule is CCOc1ccc(C(=O)NC(C)(CC)CN)cc1OCC. The van der Waals surface area contributed by atoms with Crippen LogP contribution in [0, 0.1) is 0 Å². The zero-order chi connectivity index (χ0) is 15.9. The molecule has 0 aliphatic heterocycles. The highest BCUT2D eigenvalue weighted by Crippen LogP contribution is 2.28. The molecule has 0 radical (unpaired) electrons. The molecule has 1 unspecified atom stereocenters. The summed E-state index contributed by atoms with van der Waals surface area (Å²) in [6, 6.07) is 5.20. The molecule has 1 aromatic carbocycles. The van der Waals surface area contributed by atoms with E-state index in [1.165, 1.54) is 0 Å². The van der Waals surface area contributed by atoms with Gasteiger partial charge in [0.25, 0.3) is 5.91 Å². The van der Waals surface area contributed by atoms with Gasteiger partial charge in [-0.05, 0) is 45.4 Å². The Labute approximate surface area is 126 Å². The summed E-state index contributed by atoms with van der Waals surface area (Å²) in [4.78, 5) is 12.3. The Bertz CT molecular complexity index is 471. The maximum atomic E-state index is 12.3. The van der Waals surface area contributed by atoms with Crippen LogP contribution in [0.2, 0.25) is 0 Å². The molecule has 1 aromatic rings. The number of amides is 1. The van der Waals surface area contributed by atoms with Crippen LogP contribution >= 0.6 is 0 Å². The van der Waals surface area contributed by atoms with Crippen LogP contribution in [0.1, 0.15) is 44.5 Å². The summed E-state index contributed by atoms with van der Waals surface area (Å²) >= 11 is 0. The lowest BCUT2D eigenvalue weighted by molar-refractivity contribution is 0.0906. The Morgan fingerprint density at radius 1 is 1.19 bits per heavy atom. The highest BCUT2D eigenvalue weighted by Gasteiger charge is 2.23. The van der Waals surface area contributed by atoms with Gasteiger partial charge in [0.2, 0.25) is 0 Å². The fourth-order valence-corrected chi connectivity index (χ4v) is 1.82. The molecule has 1 atom stereocenters. The van der Waals surface area contributed by atoms with Crippen molar-refractivity contribution < 1.29 is 14.3 Å². The lowest BCUT2D eigenvalue weighted by Gasteiger charge is -2.28. The van der Waals surface area contributed by atoms with Gasteiger partial charge < -0.3 is 20.5 Å². The maximum absolute atomic E-state index is 12.3. The molecule has 0 bridgehead atoms. The van der Waals surface area contributed by atoms with E-state index in [-0.39, 0.29) is 5.91 Å². The second kappa shape index (κ2) is 7.88. The van der Waals surface area contributed by atoms with Gasteiger partial charge in [-0.2, -0.15) is 0 Å². The quantitative estimate of drug-likeness (QED) is 0.772. The zero-order valence-corrected chi connectivity index (χ0v) is 13.4. The minimum absolute atomic E-state index is 0.159. The van der Waals surface area contributed by atoms with E-state index in [1.54, 1.807) is 18.2 Å². The number of carbonyl (C=O) groups excluding carboxylic acids is 1. The summed E-state index contributed by atoms with van der Waals surface area (Å²) in [5.74, 6) is 1.07. The third-order valence-corrected chi connectivity index (χ3v) is 3.45. The molecular weight excluding hydrogens is 268 g/mol. The third-order valence-electron chi connectivity index (χ3n) is 3.45. The first-order valence-corrected chi connectivity index (χ1v) is 7.41. The van der Waals surface area contributed by atoms with Gasteiger partial charge in [-0.25, -0.2) is 0 Å². The van der Waals surface area contributed by atoms with Crippen LogP contribution in [0.25, 0.3) is 0 Å². The zero-order valence-electron chi connectivity index (χ0n) is 13.4. The highest BCUT2D eigenvalue weighted by atomic mass is 16.5. The molecule has 5 heteroatoms. The highest BCUT2D eigenvalue weighted by molar-refractivity contribution is 5.95. The molecule has 0 spiro atoms. The van der Waals surface area contributed by atoms with Gasteiger partial charge in [-0.15, -0.1) is 0 Å². The van der Waals surface area contributed by atoms with Gasteiger partial charge in [-0.3, -0.25) is 4.79 Å². The average molecular weight is 294 g/mol. The molecule has 0 saturated carbocycles. The minimum Gasteiger partial charge on any atom is -0.490 e. The number of carbonyl (C=O) groups is 1. The largest absolute Gasteiger partial charge is 0.490 e. The molecule has 118 valence electrons. The van der Waals surface area contributed by atoms with Crippen molar-refractivity contribution in [3.05, 3.63) is 23.8 Å². The lowest BCUT2D eigenvalue weighted by Crippen LogP contribution is -2.50. The number of ether oxygens (including phenoxy) is 2. The maximum Gasteiger partial charge on any atom is 0.251 e. The van der Waals surface area contributed by atoms with Crippen molar-refractivity contribution in [1.29, 1.82) is 0 Å². The molecule has 0 aliphatic rings. The average Bonchev–Trinajstić information content (AvgIpc) is 2.49. The lowest BCUT2D eigenvalue weighted by atomic mass is 9.98. The number of rotatable bonds is 8. The Kier molecular flexibility index (Phi) is 6.49. The molecule has 1 rings (SSSR count). The van der Waals surface area contributed by atoms with E-state index < -0.39 is 5.54 Å². The van der Waals surface area contributed by atoms with Gasteiger partial charge in [0.1, 0.15) is 0 Å². The van der Waals surface area contributed by atoms with Gasteiger partial charge in [-0.1, -0.05) is 6.92 Å². The van der Waals surface area contributed by atoms with E-state index in [4.69, 9.17) is 15.2 Å². The van der Waals surface area contributed by atoms with Crippen molar-refractivity contribution >= 4 is 5.91 Å². The second-order valence-corrected chi connectivity index (χ2v) is 5.10. The molecule has 3 N–H and O–H groups in total. The first kappa shape index (κ1) is 17.3. The fourth-order valence-electron chi connectivity index (χ4n) is 1.82. The van der Waals surface area contributed by atoms with Gasteiger partial charge in [0.15, 0.2) is 11.5 Å². The summed E-state index contributed by atoms with van der Waals surface area (Å²) in [7, 11) is 0. The fraction of sp³-hybridized carbons (Fsp3) is 0.562. The molecule has 0 aliphatic carbocycles. The van der Waals surface area contributed by atoms with Crippen LogP contribution in [0.3, 0.4) is 0 Å². The van der Waals surface area contributed by atoms with Gasteiger partial charge in [0, 0.05) is 17.6 Å². The van der Waals surface area contributed by atoms with Crippen LogP contribution in [0.5, 0.6) is 11.5 Å². The number of hydrogen-bond donors (Lipinski definition) is 2. The predicted octanol–water partition coefficient (Wildman–Crippen LogP) is 2.34. The first-order valence-electron chi connectivity index (χ1n) is 7.41. The van der Waals surface area contributed by atoms with Crippen LogP contribution in [0.4, 0.5) is 0 Å². The summed E-state index contributed by atoms with van der Waals surface area (Å²) in [5.41, 5.74) is 5.86. The smallest absolute Gasteiger partial charge is 0.251 e. The standard InChI is InChI=1S/C16H26N2O3/c1-5-16(4,11-17)18-15(19)12-8-9-13(20-6-2)14(10-12)21-7-3/h8-10H,5-7,11,17H2,1-4H3,(H,18,19). The molecular formula is C16H26N2O3. The number of hydrogen-bond acceptors (Lipinski definition) is 4. The molecule has 0 fully saturated rings. The Balaban J connectivity index is 2.97. The van der Waals surface area contributed by atoms with E-state index in [0.717, 1.165) is 6.42 Å². The molecule has 1 amide bonds. The van der Waals surface area contributed by atoms with Crippen molar-refractivity contribution in [3.8, 4) is 11.5 Å². The predicted molar refractivity (Wildman–Crippen MR) is 84.0 cm³/mol. The van der Waals surface area contributed by atoms with Crippen molar-refractivity contribution in [1.82, 2.24) is 5.32 Å². The first-order chi connectivity index (χ1) is 9.99. The van der Waals surface area contributed by atoms with E-state index in [0.29, 0.717) is 36.8 Å². The van der Waals surface area contributed by atoms with E-state index in [1.807, 2.05) is 27.7 Å². The summed E-state index contributed by atoms with van der Waals surface area (Å²) < 4.78 is 11.0. The van der Waals surface area contributed by atoms with Crippen LogP contribution in [-0.2, 0) is 0 Å². The summed E-state index contributed by atoms with van der Waals surface area (Å²) in [5, 5.41) is 2.97. The summed E-state index contributed by atoms with van der Waals surface area (Å²) in [6.45, 7) is 9.19. The van der Waals surface area contributed by atoms with Crippen molar-refractivity contribution in [2.75, 3.05) is 19.8 Å². The molecule has 0 saturated heterocycles. The Morgan fingerprint density at radius 2 is 1.81 bits per heavy atom. The Hall–Kier alpha value is -1.75. The van der Waals surface area contributed by atoms with Crippen LogP contribution in [-0.4, -0.2) is 31.2 Å².